The number of thiazole rings is 1. The number of anilines is 2. The molecule has 0 amide bonds. The van der Waals surface area contributed by atoms with Crippen molar-refractivity contribution < 1.29 is 4.74 Å². The van der Waals surface area contributed by atoms with E-state index in [0.29, 0.717) is 31.5 Å². The highest BCUT2D eigenvalue weighted by atomic mass is 32.1. The number of hydrogen-bond donors (Lipinski definition) is 2. The van der Waals surface area contributed by atoms with Gasteiger partial charge < -0.3 is 20.3 Å². The Labute approximate surface area is 200 Å². The average molecular weight is 479 g/mol. The number of morpholine rings is 1. The van der Waals surface area contributed by atoms with Crippen LogP contribution in [0, 0.1) is 0 Å². The van der Waals surface area contributed by atoms with E-state index < -0.39 is 0 Å². The molecule has 0 atom stereocenters. The Morgan fingerprint density at radius 1 is 1.18 bits per heavy atom. The standard InChI is InChI=1S/C22H26N10OS/c1-30-13-16(10-27-30)32-14-26-19-20(28-22(29-21(19)32)31-6-8-33-9-7-31)25-12-18-24-11-17(34-18)15-2-4-23-5-3-15/h2,10-11,13-14,23H,3-9,12H2,1H3,(H,25,28,29). The van der Waals surface area contributed by atoms with Crippen molar-refractivity contribution in [2.75, 3.05) is 49.6 Å². The number of nitrogens with one attached hydrogen (secondary N) is 2. The number of imidazole rings is 1. The molecule has 4 aromatic rings. The lowest BCUT2D eigenvalue weighted by atomic mass is 10.1. The monoisotopic (exact) mass is 478 g/mol. The molecule has 4 aromatic heterocycles. The van der Waals surface area contributed by atoms with E-state index in [-0.39, 0.29) is 0 Å². The van der Waals surface area contributed by atoms with Crippen LogP contribution in [-0.4, -0.2) is 73.7 Å². The number of fused-ring (bicyclic) bond motifs is 1. The van der Waals surface area contributed by atoms with Gasteiger partial charge in [0.1, 0.15) is 11.3 Å². The molecule has 0 aliphatic carbocycles. The molecule has 0 bridgehead atoms. The van der Waals surface area contributed by atoms with Crippen LogP contribution in [0.3, 0.4) is 0 Å². The van der Waals surface area contributed by atoms with Crippen molar-refractivity contribution in [3.05, 3.63) is 40.9 Å². The van der Waals surface area contributed by atoms with Crippen LogP contribution in [0.1, 0.15) is 16.3 Å². The van der Waals surface area contributed by atoms with Gasteiger partial charge in [0.25, 0.3) is 0 Å². The zero-order valence-electron chi connectivity index (χ0n) is 18.9. The summed E-state index contributed by atoms with van der Waals surface area (Å²) in [5, 5.41) is 12.2. The van der Waals surface area contributed by atoms with Gasteiger partial charge in [0, 0.05) is 39.1 Å². The lowest BCUT2D eigenvalue weighted by Crippen LogP contribution is -2.37. The van der Waals surface area contributed by atoms with Crippen molar-refractivity contribution in [1.29, 1.82) is 0 Å². The first-order valence-corrected chi connectivity index (χ1v) is 12.2. The molecule has 11 nitrogen and oxygen atoms in total. The molecule has 0 saturated carbocycles. The van der Waals surface area contributed by atoms with Gasteiger partial charge in [0.05, 0.1) is 36.5 Å². The number of aryl methyl sites for hydroxylation is 1. The lowest BCUT2D eigenvalue weighted by molar-refractivity contribution is 0.122. The molecule has 34 heavy (non-hydrogen) atoms. The molecule has 0 spiro atoms. The smallest absolute Gasteiger partial charge is 0.229 e. The van der Waals surface area contributed by atoms with E-state index in [0.717, 1.165) is 54.5 Å². The molecule has 0 radical (unpaired) electrons. The van der Waals surface area contributed by atoms with Gasteiger partial charge in [-0.2, -0.15) is 15.1 Å². The summed E-state index contributed by atoms with van der Waals surface area (Å²) in [6, 6.07) is 0. The second-order valence-corrected chi connectivity index (χ2v) is 9.40. The Bertz CT molecular complexity index is 1330. The summed E-state index contributed by atoms with van der Waals surface area (Å²) in [7, 11) is 1.89. The normalized spacial score (nSPS) is 16.7. The second kappa shape index (κ2) is 9.12. The summed E-state index contributed by atoms with van der Waals surface area (Å²) < 4.78 is 9.24. The van der Waals surface area contributed by atoms with Crippen molar-refractivity contribution in [3.8, 4) is 5.69 Å². The molecule has 1 fully saturated rings. The maximum atomic E-state index is 5.52. The minimum Gasteiger partial charge on any atom is -0.378 e. The molecule has 12 heteroatoms. The fourth-order valence-corrected chi connectivity index (χ4v) is 5.11. The molecule has 2 N–H and O–H groups in total. The molecule has 6 heterocycles. The van der Waals surface area contributed by atoms with Gasteiger partial charge >= 0.3 is 0 Å². The van der Waals surface area contributed by atoms with E-state index in [2.05, 4.69) is 36.7 Å². The highest BCUT2D eigenvalue weighted by Crippen LogP contribution is 2.28. The van der Waals surface area contributed by atoms with Gasteiger partial charge in [-0.25, -0.2) is 9.97 Å². The largest absolute Gasteiger partial charge is 0.378 e. The zero-order chi connectivity index (χ0) is 22.9. The molecular weight excluding hydrogens is 452 g/mol. The molecule has 176 valence electrons. The van der Waals surface area contributed by atoms with E-state index in [4.69, 9.17) is 14.7 Å². The Morgan fingerprint density at radius 2 is 2.09 bits per heavy atom. The van der Waals surface area contributed by atoms with Crippen LogP contribution in [0.5, 0.6) is 0 Å². The topological polar surface area (TPSA) is 111 Å². The third-order valence-electron chi connectivity index (χ3n) is 5.99. The SMILES string of the molecule is Cn1cc(-n2cnc3c(NCc4ncc(C5=CCNCC5)s4)nc(N4CCOCC4)nc32)cn1. The predicted molar refractivity (Wildman–Crippen MR) is 131 cm³/mol. The predicted octanol–water partition coefficient (Wildman–Crippen LogP) is 1.83. The van der Waals surface area contributed by atoms with Gasteiger partial charge in [-0.1, -0.05) is 6.08 Å². The Hall–Kier alpha value is -3.35. The van der Waals surface area contributed by atoms with Crippen LogP contribution < -0.4 is 15.5 Å². The number of nitrogens with zero attached hydrogens (tertiary/aromatic N) is 8. The minimum atomic E-state index is 0.574. The van der Waals surface area contributed by atoms with E-state index in [9.17, 15) is 0 Å². The van der Waals surface area contributed by atoms with Gasteiger partial charge in [-0.15, -0.1) is 11.3 Å². The van der Waals surface area contributed by atoms with Crippen LogP contribution in [0.15, 0.2) is 31.0 Å². The Kier molecular flexibility index (Phi) is 5.69. The summed E-state index contributed by atoms with van der Waals surface area (Å²) in [6.45, 7) is 5.35. The first-order valence-electron chi connectivity index (χ1n) is 11.4. The minimum absolute atomic E-state index is 0.574. The Morgan fingerprint density at radius 3 is 2.88 bits per heavy atom. The van der Waals surface area contributed by atoms with Crippen LogP contribution in [0.4, 0.5) is 11.8 Å². The first kappa shape index (κ1) is 21.2. The van der Waals surface area contributed by atoms with E-state index in [1.54, 1.807) is 28.5 Å². The average Bonchev–Trinajstić information content (AvgIpc) is 3.63. The van der Waals surface area contributed by atoms with Gasteiger partial charge in [-0.3, -0.25) is 9.25 Å². The summed E-state index contributed by atoms with van der Waals surface area (Å²) >= 11 is 1.72. The number of ether oxygens (including phenoxy) is 1. The molecule has 2 aliphatic heterocycles. The number of aromatic nitrogens is 7. The van der Waals surface area contributed by atoms with E-state index >= 15 is 0 Å². The maximum absolute atomic E-state index is 5.52. The van der Waals surface area contributed by atoms with Crippen molar-refractivity contribution >= 4 is 39.8 Å². The molecule has 0 unspecified atom stereocenters. The third-order valence-corrected chi connectivity index (χ3v) is 7.06. The second-order valence-electron chi connectivity index (χ2n) is 8.29. The van der Waals surface area contributed by atoms with Gasteiger partial charge in [-0.05, 0) is 18.5 Å². The number of hydrogen-bond acceptors (Lipinski definition) is 10. The summed E-state index contributed by atoms with van der Waals surface area (Å²) in [6.07, 6.45) is 10.8. The van der Waals surface area contributed by atoms with Crippen LogP contribution in [0.2, 0.25) is 0 Å². The molecular formula is C22H26N10OS. The van der Waals surface area contributed by atoms with Crippen molar-refractivity contribution in [3.63, 3.8) is 0 Å². The summed E-state index contributed by atoms with van der Waals surface area (Å²) in [5.74, 6) is 1.37. The molecule has 2 aliphatic rings. The lowest BCUT2D eigenvalue weighted by Gasteiger charge is -2.27. The van der Waals surface area contributed by atoms with Crippen molar-refractivity contribution in [2.24, 2.45) is 7.05 Å². The Balaban J connectivity index is 1.32. The van der Waals surface area contributed by atoms with Crippen LogP contribution >= 0.6 is 11.3 Å². The summed E-state index contributed by atoms with van der Waals surface area (Å²) in [4.78, 5) is 22.4. The van der Waals surface area contributed by atoms with Gasteiger partial charge in [0.2, 0.25) is 5.95 Å². The number of rotatable bonds is 6. The molecule has 6 rings (SSSR count). The maximum Gasteiger partial charge on any atom is 0.229 e. The first-order chi connectivity index (χ1) is 16.7. The highest BCUT2D eigenvalue weighted by Gasteiger charge is 2.20. The van der Waals surface area contributed by atoms with Gasteiger partial charge in [0.15, 0.2) is 17.0 Å². The summed E-state index contributed by atoms with van der Waals surface area (Å²) in [5.41, 5.74) is 3.74. The van der Waals surface area contributed by atoms with E-state index in [1.165, 1.54) is 10.5 Å². The third kappa shape index (κ3) is 4.15. The molecule has 1 saturated heterocycles. The van der Waals surface area contributed by atoms with Crippen molar-refractivity contribution in [1.82, 2.24) is 39.6 Å². The fourth-order valence-electron chi connectivity index (χ4n) is 4.18. The van der Waals surface area contributed by atoms with Crippen LogP contribution in [0.25, 0.3) is 22.4 Å². The zero-order valence-corrected chi connectivity index (χ0v) is 19.8. The van der Waals surface area contributed by atoms with Crippen molar-refractivity contribution in [2.45, 2.75) is 13.0 Å². The van der Waals surface area contributed by atoms with E-state index in [1.807, 2.05) is 24.0 Å². The quantitative estimate of drug-likeness (QED) is 0.429. The fraction of sp³-hybridized carbons (Fsp3) is 0.409. The van der Waals surface area contributed by atoms with Crippen LogP contribution in [-0.2, 0) is 18.3 Å². The highest BCUT2D eigenvalue weighted by molar-refractivity contribution is 7.12. The molecule has 0 aromatic carbocycles.